The number of nitrogens with zero attached hydrogens (tertiary/aromatic N) is 1. The van der Waals surface area contributed by atoms with Crippen molar-refractivity contribution in [3.63, 3.8) is 0 Å². The molecule has 25 heavy (non-hydrogen) atoms. The van der Waals surface area contributed by atoms with Crippen LogP contribution >= 0.6 is 11.3 Å². The van der Waals surface area contributed by atoms with Crippen molar-refractivity contribution in [3.05, 3.63) is 57.5 Å². The number of aliphatic hydroxyl groups excluding tert-OH is 1. The maximum Gasteiger partial charge on any atom is 0.191 e. The zero-order valence-electron chi connectivity index (χ0n) is 14.9. The van der Waals surface area contributed by atoms with E-state index in [1.807, 2.05) is 6.92 Å². The van der Waals surface area contributed by atoms with Gasteiger partial charge in [-0.15, -0.1) is 11.3 Å². The van der Waals surface area contributed by atoms with Gasteiger partial charge in [0.2, 0.25) is 0 Å². The van der Waals surface area contributed by atoms with E-state index >= 15 is 0 Å². The van der Waals surface area contributed by atoms with Crippen molar-refractivity contribution in [2.75, 3.05) is 13.1 Å². The number of aliphatic hydroxyl groups is 1. The lowest BCUT2D eigenvalue weighted by atomic mass is 10.1. The molecule has 0 saturated heterocycles. The minimum Gasteiger partial charge on any atom is -0.386 e. The first-order valence-corrected chi connectivity index (χ1v) is 9.33. The quantitative estimate of drug-likeness (QED) is 0.522. The maximum absolute atomic E-state index is 13.0. The van der Waals surface area contributed by atoms with Gasteiger partial charge in [0.15, 0.2) is 5.96 Å². The molecule has 2 rings (SSSR count). The maximum atomic E-state index is 13.0. The van der Waals surface area contributed by atoms with Gasteiger partial charge in [-0.1, -0.05) is 12.1 Å². The fourth-order valence-electron chi connectivity index (χ4n) is 2.47. The molecule has 1 heterocycles. The number of hydrogen-bond acceptors (Lipinski definition) is 3. The Bertz CT molecular complexity index is 684. The summed E-state index contributed by atoms with van der Waals surface area (Å²) in [6.45, 7) is 7.17. The minimum atomic E-state index is -0.758. The van der Waals surface area contributed by atoms with Crippen molar-refractivity contribution in [2.24, 2.45) is 4.99 Å². The normalized spacial score (nSPS) is 14.2. The van der Waals surface area contributed by atoms with E-state index in [2.05, 4.69) is 41.6 Å². The molecule has 0 spiro atoms. The van der Waals surface area contributed by atoms with Crippen molar-refractivity contribution in [2.45, 2.75) is 39.3 Å². The third-order valence-corrected chi connectivity index (χ3v) is 4.73. The molecule has 0 bridgehead atoms. The molecule has 0 aliphatic carbocycles. The van der Waals surface area contributed by atoms with Crippen molar-refractivity contribution < 1.29 is 9.50 Å². The summed E-state index contributed by atoms with van der Waals surface area (Å²) < 4.78 is 13.0. The van der Waals surface area contributed by atoms with Crippen molar-refractivity contribution >= 4 is 17.3 Å². The van der Waals surface area contributed by atoms with Crippen molar-refractivity contribution in [3.8, 4) is 0 Å². The molecule has 1 aromatic heterocycles. The van der Waals surface area contributed by atoms with Gasteiger partial charge >= 0.3 is 0 Å². The molecule has 0 amide bonds. The molecule has 0 aliphatic heterocycles. The minimum absolute atomic E-state index is 0.214. The van der Waals surface area contributed by atoms with Gasteiger partial charge in [0.1, 0.15) is 5.82 Å². The number of nitrogens with one attached hydrogen (secondary N) is 2. The second-order valence-corrected chi connectivity index (χ2v) is 7.42. The molecule has 4 nitrogen and oxygen atoms in total. The Balaban J connectivity index is 1.93. The summed E-state index contributed by atoms with van der Waals surface area (Å²) in [6.07, 6.45) is 0.162. The average Bonchev–Trinajstić information content (AvgIpc) is 2.98. The number of hydrogen-bond donors (Lipinski definition) is 3. The number of benzene rings is 1. The number of halogens is 1. The first-order valence-electron chi connectivity index (χ1n) is 8.51. The number of aliphatic imine (C=N–C) groups is 1. The molecule has 0 saturated carbocycles. The Labute approximate surface area is 152 Å². The highest BCUT2D eigenvalue weighted by Crippen LogP contribution is 2.17. The van der Waals surface area contributed by atoms with Crippen LogP contribution < -0.4 is 10.6 Å². The molecule has 2 atom stereocenters. The Morgan fingerprint density at radius 3 is 2.56 bits per heavy atom. The summed E-state index contributed by atoms with van der Waals surface area (Å²) in [5, 5.41) is 16.8. The van der Waals surface area contributed by atoms with Gasteiger partial charge in [-0.05, 0) is 50.6 Å². The molecule has 6 heteroatoms. The monoisotopic (exact) mass is 363 g/mol. The van der Waals surface area contributed by atoms with Crippen LogP contribution in [0.15, 0.2) is 41.4 Å². The SMILES string of the molecule is CCNC(=NCC(O)c1ccc(F)cc1)NC(C)Cc1ccc(C)s1. The molecule has 0 radical (unpaired) electrons. The average molecular weight is 364 g/mol. The van der Waals surface area contributed by atoms with E-state index in [9.17, 15) is 9.50 Å². The van der Waals surface area contributed by atoms with Crippen LogP contribution in [0.3, 0.4) is 0 Å². The summed E-state index contributed by atoms with van der Waals surface area (Å²) in [6, 6.07) is 10.4. The van der Waals surface area contributed by atoms with E-state index in [4.69, 9.17) is 0 Å². The molecular formula is C19H26FN3OS. The highest BCUT2D eigenvalue weighted by Gasteiger charge is 2.10. The molecule has 0 aliphatic rings. The molecule has 2 aromatic rings. The Hall–Kier alpha value is -1.92. The van der Waals surface area contributed by atoms with E-state index in [1.54, 1.807) is 23.5 Å². The molecule has 1 aromatic carbocycles. The third kappa shape index (κ3) is 6.48. The van der Waals surface area contributed by atoms with Crippen LogP contribution in [-0.4, -0.2) is 30.2 Å². The molecular weight excluding hydrogens is 337 g/mol. The second kappa shape index (κ2) is 9.53. The lowest BCUT2D eigenvalue weighted by molar-refractivity contribution is 0.187. The highest BCUT2D eigenvalue weighted by atomic mass is 32.1. The van der Waals surface area contributed by atoms with Gasteiger partial charge in [0, 0.05) is 28.8 Å². The van der Waals surface area contributed by atoms with Crippen LogP contribution in [0.2, 0.25) is 0 Å². The summed E-state index contributed by atoms with van der Waals surface area (Å²) in [7, 11) is 0. The molecule has 136 valence electrons. The van der Waals surface area contributed by atoms with Gasteiger partial charge in [-0.25, -0.2) is 4.39 Å². The second-order valence-electron chi connectivity index (χ2n) is 6.05. The van der Waals surface area contributed by atoms with Crippen LogP contribution in [0.1, 0.15) is 35.3 Å². The molecule has 3 N–H and O–H groups in total. The first-order chi connectivity index (χ1) is 12.0. The lowest BCUT2D eigenvalue weighted by Crippen LogP contribution is -2.43. The zero-order chi connectivity index (χ0) is 18.2. The number of rotatable bonds is 7. The van der Waals surface area contributed by atoms with E-state index < -0.39 is 6.10 Å². The van der Waals surface area contributed by atoms with Crippen molar-refractivity contribution in [1.29, 1.82) is 0 Å². The van der Waals surface area contributed by atoms with Crippen LogP contribution in [0, 0.1) is 12.7 Å². The number of guanidine groups is 1. The van der Waals surface area contributed by atoms with Gasteiger partial charge in [0.05, 0.1) is 12.6 Å². The lowest BCUT2D eigenvalue weighted by Gasteiger charge is -2.18. The van der Waals surface area contributed by atoms with Gasteiger partial charge in [0.25, 0.3) is 0 Å². The Morgan fingerprint density at radius 2 is 1.96 bits per heavy atom. The van der Waals surface area contributed by atoms with E-state index in [1.165, 1.54) is 21.9 Å². The predicted octanol–water partition coefficient (Wildman–Crippen LogP) is 3.42. The Kier molecular flexibility index (Phi) is 7.40. The summed E-state index contributed by atoms with van der Waals surface area (Å²) >= 11 is 1.80. The van der Waals surface area contributed by atoms with Crippen LogP contribution in [-0.2, 0) is 6.42 Å². The first kappa shape index (κ1) is 19.4. The topological polar surface area (TPSA) is 56.7 Å². The predicted molar refractivity (Wildman–Crippen MR) is 103 cm³/mol. The third-order valence-electron chi connectivity index (χ3n) is 3.71. The van der Waals surface area contributed by atoms with Gasteiger partial charge in [-0.3, -0.25) is 4.99 Å². The van der Waals surface area contributed by atoms with Gasteiger partial charge < -0.3 is 15.7 Å². The van der Waals surface area contributed by atoms with Gasteiger partial charge in [-0.2, -0.15) is 0 Å². The molecule has 2 unspecified atom stereocenters. The highest BCUT2D eigenvalue weighted by molar-refractivity contribution is 7.11. The number of aryl methyl sites for hydroxylation is 1. The smallest absolute Gasteiger partial charge is 0.191 e. The van der Waals surface area contributed by atoms with E-state index in [-0.39, 0.29) is 18.4 Å². The fraction of sp³-hybridized carbons (Fsp3) is 0.421. The van der Waals surface area contributed by atoms with E-state index in [0.717, 1.165) is 13.0 Å². The standard InChI is InChI=1S/C19H26FN3OS/c1-4-21-19(23-13(2)11-17-10-5-14(3)25-17)22-12-18(24)15-6-8-16(20)9-7-15/h5-10,13,18,24H,4,11-12H2,1-3H3,(H2,21,22,23). The van der Waals surface area contributed by atoms with Crippen molar-refractivity contribution in [1.82, 2.24) is 10.6 Å². The van der Waals surface area contributed by atoms with Crippen LogP contribution in [0.5, 0.6) is 0 Å². The van der Waals surface area contributed by atoms with Crippen LogP contribution in [0.25, 0.3) is 0 Å². The summed E-state index contributed by atoms with van der Waals surface area (Å²) in [5.74, 6) is 0.358. The summed E-state index contributed by atoms with van der Waals surface area (Å²) in [4.78, 5) is 7.10. The molecule has 0 fully saturated rings. The number of thiophene rings is 1. The van der Waals surface area contributed by atoms with Crippen LogP contribution in [0.4, 0.5) is 4.39 Å². The largest absolute Gasteiger partial charge is 0.386 e. The zero-order valence-corrected chi connectivity index (χ0v) is 15.7. The van der Waals surface area contributed by atoms with E-state index in [0.29, 0.717) is 11.5 Å². The Morgan fingerprint density at radius 1 is 1.24 bits per heavy atom. The fourth-order valence-corrected chi connectivity index (χ4v) is 3.49. The summed E-state index contributed by atoms with van der Waals surface area (Å²) in [5.41, 5.74) is 0.656.